The summed E-state index contributed by atoms with van der Waals surface area (Å²) in [5, 5.41) is 5.79. The zero-order chi connectivity index (χ0) is 30.6. The van der Waals surface area contributed by atoms with Gasteiger partial charge < -0.3 is 30.1 Å². The van der Waals surface area contributed by atoms with Gasteiger partial charge in [0.05, 0.1) is 18.2 Å². The van der Waals surface area contributed by atoms with Crippen molar-refractivity contribution in [2.75, 3.05) is 53.4 Å². The van der Waals surface area contributed by atoms with E-state index in [1.807, 2.05) is 30.3 Å². The molecule has 4 amide bonds. The molecule has 0 unspecified atom stereocenters. The van der Waals surface area contributed by atoms with E-state index in [1.165, 1.54) is 17.7 Å². The van der Waals surface area contributed by atoms with Crippen LogP contribution in [0.2, 0.25) is 0 Å². The molecule has 10 nitrogen and oxygen atoms in total. The van der Waals surface area contributed by atoms with E-state index in [2.05, 4.69) is 15.5 Å². The number of amides is 4. The zero-order valence-electron chi connectivity index (χ0n) is 25.4. The third-order valence-corrected chi connectivity index (χ3v) is 8.28. The molecular formula is C33H45N5O5. The van der Waals surface area contributed by atoms with Gasteiger partial charge >= 0.3 is 0 Å². The van der Waals surface area contributed by atoms with Gasteiger partial charge in [0, 0.05) is 27.1 Å². The van der Waals surface area contributed by atoms with E-state index in [9.17, 15) is 19.2 Å². The molecule has 232 valence electrons. The highest BCUT2D eigenvalue weighted by Crippen LogP contribution is 2.20. The molecule has 1 fully saturated rings. The number of carbonyl (C=O) groups is 4. The molecule has 2 aromatic rings. The Hall–Kier alpha value is -3.92. The van der Waals surface area contributed by atoms with Crippen LogP contribution in [-0.4, -0.2) is 104 Å². The van der Waals surface area contributed by atoms with Crippen molar-refractivity contribution in [1.82, 2.24) is 25.3 Å². The van der Waals surface area contributed by atoms with Crippen molar-refractivity contribution in [3.05, 3.63) is 65.7 Å². The van der Waals surface area contributed by atoms with Crippen LogP contribution < -0.4 is 15.4 Å². The second-order valence-corrected chi connectivity index (χ2v) is 11.5. The Morgan fingerprint density at radius 3 is 2.44 bits per heavy atom. The molecule has 0 saturated carbocycles. The fourth-order valence-corrected chi connectivity index (χ4v) is 5.53. The molecular weight excluding hydrogens is 546 g/mol. The first-order chi connectivity index (χ1) is 20.8. The highest BCUT2D eigenvalue weighted by molar-refractivity contribution is 5.99. The number of nitrogens with zero attached hydrogens (tertiary/aromatic N) is 3. The van der Waals surface area contributed by atoms with Crippen LogP contribution in [0.15, 0.2) is 54.6 Å². The number of para-hydroxylation sites is 1. The third kappa shape index (κ3) is 9.54. The largest absolute Gasteiger partial charge is 0.491 e. The maximum atomic E-state index is 13.5. The molecule has 0 aliphatic carbocycles. The lowest BCUT2D eigenvalue weighted by atomic mass is 10.1. The summed E-state index contributed by atoms with van der Waals surface area (Å²) in [6, 6.07) is 15.4. The van der Waals surface area contributed by atoms with Gasteiger partial charge in [0.2, 0.25) is 17.7 Å². The quantitative estimate of drug-likeness (QED) is 0.457. The van der Waals surface area contributed by atoms with E-state index in [1.54, 1.807) is 43.3 Å². The number of benzene rings is 2. The number of likely N-dealkylation sites (tertiary alicyclic amines) is 1. The lowest BCUT2D eigenvalue weighted by molar-refractivity contribution is -0.140. The van der Waals surface area contributed by atoms with E-state index in [4.69, 9.17) is 4.74 Å². The minimum absolute atomic E-state index is 0.00636. The Kier molecular flexibility index (Phi) is 12.0. The third-order valence-electron chi connectivity index (χ3n) is 8.28. The molecule has 2 aromatic carbocycles. The molecule has 2 aliphatic heterocycles. The van der Waals surface area contributed by atoms with Gasteiger partial charge in [-0.25, -0.2) is 0 Å². The van der Waals surface area contributed by atoms with Gasteiger partial charge in [0.1, 0.15) is 18.4 Å². The van der Waals surface area contributed by atoms with Crippen molar-refractivity contribution >= 4 is 23.6 Å². The maximum absolute atomic E-state index is 13.5. The summed E-state index contributed by atoms with van der Waals surface area (Å²) in [4.78, 5) is 58.4. The molecule has 10 heteroatoms. The molecule has 2 heterocycles. The Labute approximate surface area is 254 Å². The van der Waals surface area contributed by atoms with Gasteiger partial charge in [-0.15, -0.1) is 0 Å². The van der Waals surface area contributed by atoms with Gasteiger partial charge in [0.25, 0.3) is 5.91 Å². The molecule has 1 saturated heterocycles. The molecule has 2 aliphatic rings. The predicted octanol–water partition coefficient (Wildman–Crippen LogP) is 2.48. The van der Waals surface area contributed by atoms with E-state index in [-0.39, 0.29) is 55.3 Å². The summed E-state index contributed by atoms with van der Waals surface area (Å²) in [5.74, 6) is -0.912. The van der Waals surface area contributed by atoms with Crippen LogP contribution in [0.1, 0.15) is 54.4 Å². The average Bonchev–Trinajstić information content (AvgIpc) is 3.54. The first-order valence-corrected chi connectivity index (χ1v) is 15.4. The van der Waals surface area contributed by atoms with E-state index >= 15 is 0 Å². The van der Waals surface area contributed by atoms with Crippen molar-refractivity contribution in [1.29, 1.82) is 0 Å². The lowest BCUT2D eigenvalue weighted by Gasteiger charge is -2.30. The number of fused-ring (bicyclic) bond motifs is 1. The number of rotatable bonds is 8. The number of likely N-dealkylation sites (N-methyl/N-ethyl adjacent to an activating group) is 2. The Morgan fingerprint density at radius 2 is 1.67 bits per heavy atom. The second kappa shape index (κ2) is 16.1. The number of carbonyl (C=O) groups excluding carboxylic acids is 4. The van der Waals surface area contributed by atoms with Crippen LogP contribution in [0.25, 0.3) is 0 Å². The van der Waals surface area contributed by atoms with Crippen molar-refractivity contribution < 1.29 is 23.9 Å². The number of hydrogen-bond acceptors (Lipinski definition) is 6. The summed E-state index contributed by atoms with van der Waals surface area (Å²) < 4.78 is 6.18. The molecule has 2 atom stereocenters. The molecule has 4 rings (SSSR count). The maximum Gasteiger partial charge on any atom is 0.255 e. The monoisotopic (exact) mass is 591 g/mol. The van der Waals surface area contributed by atoms with Gasteiger partial charge in [-0.3, -0.25) is 19.2 Å². The van der Waals surface area contributed by atoms with Crippen molar-refractivity contribution in [2.45, 2.75) is 57.0 Å². The van der Waals surface area contributed by atoms with Crippen molar-refractivity contribution in [3.63, 3.8) is 0 Å². The summed E-state index contributed by atoms with van der Waals surface area (Å²) in [7, 11) is 3.29. The topological polar surface area (TPSA) is 111 Å². The molecule has 0 bridgehead atoms. The summed E-state index contributed by atoms with van der Waals surface area (Å²) in [6.07, 6.45) is 4.97. The highest BCUT2D eigenvalue weighted by atomic mass is 16.5. The fraction of sp³-hybridized carbons (Fsp3) is 0.515. The van der Waals surface area contributed by atoms with E-state index in [0.717, 1.165) is 38.0 Å². The normalized spacial score (nSPS) is 20.9. The van der Waals surface area contributed by atoms with Crippen LogP contribution >= 0.6 is 0 Å². The second-order valence-electron chi connectivity index (χ2n) is 11.5. The van der Waals surface area contributed by atoms with Gasteiger partial charge in [-0.05, 0) is 75.9 Å². The van der Waals surface area contributed by atoms with Crippen molar-refractivity contribution in [2.24, 2.45) is 0 Å². The van der Waals surface area contributed by atoms with Crippen LogP contribution in [0.5, 0.6) is 5.75 Å². The van der Waals surface area contributed by atoms with Crippen LogP contribution in [0, 0.1) is 0 Å². The van der Waals surface area contributed by atoms with Gasteiger partial charge in [-0.2, -0.15) is 0 Å². The Bertz CT molecular complexity index is 1230. The van der Waals surface area contributed by atoms with Crippen LogP contribution in [0.4, 0.5) is 0 Å². The SMILES string of the molecule is CN1CC(=O)N(C)[C@H](Cc2ccccc2)COc2ccccc2C(=O)N[C@H](C(=O)NCCCCN2CCCC2)CCC1=O. The summed E-state index contributed by atoms with van der Waals surface area (Å²) in [5.41, 5.74) is 1.32. The van der Waals surface area contributed by atoms with Crippen LogP contribution in [-0.2, 0) is 20.8 Å². The molecule has 2 N–H and O–H groups in total. The van der Waals surface area contributed by atoms with Gasteiger partial charge in [0.15, 0.2) is 0 Å². The number of nitrogens with one attached hydrogen (secondary N) is 2. The standard InChI is InChI=1S/C33H45N5O5/c1-36-23-31(40)37(2)26(22-25-12-4-3-5-13-25)24-43-29-15-7-6-14-27(29)32(41)35-28(16-17-30(36)39)33(42)34-18-8-9-19-38-20-10-11-21-38/h3-7,12-15,26,28H,8-11,16-24H2,1-2H3,(H,34,42)(H,35,41)/t26-,28+/m1/s1. The predicted molar refractivity (Wildman–Crippen MR) is 165 cm³/mol. The minimum Gasteiger partial charge on any atom is -0.491 e. The molecule has 0 spiro atoms. The lowest BCUT2D eigenvalue weighted by Crippen LogP contribution is -2.48. The first-order valence-electron chi connectivity index (χ1n) is 15.4. The van der Waals surface area contributed by atoms with Gasteiger partial charge in [-0.1, -0.05) is 42.5 Å². The average molecular weight is 592 g/mol. The highest BCUT2D eigenvalue weighted by Gasteiger charge is 2.28. The minimum atomic E-state index is -0.911. The Balaban J connectivity index is 1.48. The number of hydrogen-bond donors (Lipinski definition) is 2. The Morgan fingerprint density at radius 1 is 0.953 bits per heavy atom. The van der Waals surface area contributed by atoms with E-state index in [0.29, 0.717) is 18.7 Å². The number of ether oxygens (including phenoxy) is 1. The fourth-order valence-electron chi connectivity index (χ4n) is 5.53. The van der Waals surface area contributed by atoms with Crippen molar-refractivity contribution in [3.8, 4) is 5.75 Å². The van der Waals surface area contributed by atoms with Crippen LogP contribution in [0.3, 0.4) is 0 Å². The molecule has 0 radical (unpaired) electrons. The van der Waals surface area contributed by atoms with E-state index < -0.39 is 11.9 Å². The molecule has 43 heavy (non-hydrogen) atoms. The first kappa shape index (κ1) is 32.0. The summed E-state index contributed by atoms with van der Waals surface area (Å²) in [6.45, 7) is 3.84. The zero-order valence-corrected chi connectivity index (χ0v) is 25.4. The molecule has 0 aromatic heterocycles. The summed E-state index contributed by atoms with van der Waals surface area (Å²) >= 11 is 0. The number of unbranched alkanes of at least 4 members (excludes halogenated alkanes) is 1. The smallest absolute Gasteiger partial charge is 0.255 e.